The molecule has 0 aliphatic carbocycles. The molecule has 0 saturated carbocycles. The first-order valence-electron chi connectivity index (χ1n) is 9.54. The minimum absolute atomic E-state index is 0.0221. The van der Waals surface area contributed by atoms with Gasteiger partial charge in [0, 0.05) is 18.7 Å². The van der Waals surface area contributed by atoms with Gasteiger partial charge in [-0.2, -0.15) is 0 Å². The number of nitrogens with one attached hydrogen (secondary N) is 1. The molecule has 4 nitrogen and oxygen atoms in total. The van der Waals surface area contributed by atoms with Gasteiger partial charge in [0.15, 0.2) is 0 Å². The van der Waals surface area contributed by atoms with Crippen LogP contribution in [0.1, 0.15) is 24.8 Å². The highest BCUT2D eigenvalue weighted by Crippen LogP contribution is 2.34. The van der Waals surface area contributed by atoms with Crippen LogP contribution in [-0.4, -0.2) is 35.5 Å². The van der Waals surface area contributed by atoms with Crippen LogP contribution in [-0.2, 0) is 11.4 Å². The maximum absolute atomic E-state index is 12.4. The SMILES string of the molecule is O=C(CC1CN2CCC1CC2)Nc1ccc(-c2ccccc2CO)cc1. The summed E-state index contributed by atoms with van der Waals surface area (Å²) in [5.41, 5.74) is 3.82. The Morgan fingerprint density at radius 1 is 1.08 bits per heavy atom. The van der Waals surface area contributed by atoms with Gasteiger partial charge in [0.1, 0.15) is 0 Å². The lowest BCUT2D eigenvalue weighted by atomic mass is 9.77. The summed E-state index contributed by atoms with van der Waals surface area (Å²) in [6, 6.07) is 15.7. The number of nitrogens with zero attached hydrogens (tertiary/aromatic N) is 1. The fourth-order valence-electron chi connectivity index (χ4n) is 4.44. The number of hydrogen-bond donors (Lipinski definition) is 2. The molecule has 3 aliphatic heterocycles. The van der Waals surface area contributed by atoms with Crippen molar-refractivity contribution < 1.29 is 9.90 Å². The molecule has 136 valence electrons. The van der Waals surface area contributed by atoms with Gasteiger partial charge in [0.25, 0.3) is 0 Å². The number of amides is 1. The van der Waals surface area contributed by atoms with Crippen molar-refractivity contribution in [1.82, 2.24) is 4.90 Å². The van der Waals surface area contributed by atoms with Crippen molar-refractivity contribution in [3.63, 3.8) is 0 Å². The molecular formula is C22H26N2O2. The first kappa shape index (κ1) is 17.3. The largest absolute Gasteiger partial charge is 0.392 e. The van der Waals surface area contributed by atoms with Gasteiger partial charge >= 0.3 is 0 Å². The second-order valence-corrected chi connectivity index (χ2v) is 7.54. The first-order chi connectivity index (χ1) is 12.7. The predicted molar refractivity (Wildman–Crippen MR) is 104 cm³/mol. The van der Waals surface area contributed by atoms with E-state index in [2.05, 4.69) is 10.2 Å². The van der Waals surface area contributed by atoms with Crippen molar-refractivity contribution in [1.29, 1.82) is 0 Å². The Kier molecular flexibility index (Phi) is 5.05. The summed E-state index contributed by atoms with van der Waals surface area (Å²) in [5, 5.41) is 12.5. The summed E-state index contributed by atoms with van der Waals surface area (Å²) >= 11 is 0. The summed E-state index contributed by atoms with van der Waals surface area (Å²) in [4.78, 5) is 14.9. The molecular weight excluding hydrogens is 324 g/mol. The molecule has 3 saturated heterocycles. The topological polar surface area (TPSA) is 52.6 Å². The maximum atomic E-state index is 12.4. The third-order valence-electron chi connectivity index (χ3n) is 5.91. The molecule has 2 N–H and O–H groups in total. The van der Waals surface area contributed by atoms with Crippen molar-refractivity contribution in [3.05, 3.63) is 54.1 Å². The molecule has 2 aromatic rings. The Bertz CT molecular complexity index is 764. The standard InChI is InChI=1S/C22H26N2O2/c25-15-18-3-1-2-4-21(18)17-5-7-20(8-6-17)23-22(26)13-19-14-24-11-9-16(19)10-12-24/h1-8,16,19,25H,9-15H2,(H,23,26). The van der Waals surface area contributed by atoms with Gasteiger partial charge in [-0.25, -0.2) is 0 Å². The van der Waals surface area contributed by atoms with E-state index in [1.165, 1.54) is 25.9 Å². The highest BCUT2D eigenvalue weighted by molar-refractivity contribution is 5.91. The summed E-state index contributed by atoms with van der Waals surface area (Å²) in [5.74, 6) is 1.35. The van der Waals surface area contributed by atoms with E-state index in [1.54, 1.807) is 0 Å². The molecule has 5 rings (SSSR count). The molecule has 3 aliphatic rings. The van der Waals surface area contributed by atoms with Gasteiger partial charge in [0.2, 0.25) is 5.91 Å². The van der Waals surface area contributed by atoms with E-state index in [4.69, 9.17) is 0 Å². The lowest BCUT2D eigenvalue weighted by molar-refractivity contribution is -0.118. The second-order valence-electron chi connectivity index (χ2n) is 7.54. The second kappa shape index (κ2) is 7.60. The highest BCUT2D eigenvalue weighted by atomic mass is 16.3. The van der Waals surface area contributed by atoms with Gasteiger partial charge in [-0.05, 0) is 66.6 Å². The zero-order valence-corrected chi connectivity index (χ0v) is 15.0. The number of carbonyl (C=O) groups excluding carboxylic acids is 1. The normalized spacial score (nSPS) is 24.4. The molecule has 0 spiro atoms. The van der Waals surface area contributed by atoms with Crippen molar-refractivity contribution >= 4 is 11.6 Å². The Labute approximate surface area is 154 Å². The van der Waals surface area contributed by atoms with Crippen molar-refractivity contribution in [2.45, 2.75) is 25.9 Å². The highest BCUT2D eigenvalue weighted by Gasteiger charge is 2.34. The molecule has 3 fully saturated rings. The Morgan fingerprint density at radius 3 is 2.46 bits per heavy atom. The minimum atomic E-state index is 0.0221. The van der Waals surface area contributed by atoms with Crippen LogP contribution in [0.15, 0.2) is 48.5 Å². The van der Waals surface area contributed by atoms with E-state index in [0.717, 1.165) is 34.8 Å². The Hall–Kier alpha value is -2.17. The number of carbonyl (C=O) groups is 1. The first-order valence-corrected chi connectivity index (χ1v) is 9.54. The molecule has 1 atom stereocenters. The van der Waals surface area contributed by atoms with Crippen LogP contribution >= 0.6 is 0 Å². The molecule has 1 amide bonds. The molecule has 26 heavy (non-hydrogen) atoms. The number of aliphatic hydroxyl groups is 1. The van der Waals surface area contributed by atoms with Crippen LogP contribution in [0.3, 0.4) is 0 Å². The molecule has 1 unspecified atom stereocenters. The smallest absolute Gasteiger partial charge is 0.224 e. The Morgan fingerprint density at radius 2 is 1.81 bits per heavy atom. The average molecular weight is 350 g/mol. The molecule has 2 bridgehead atoms. The predicted octanol–water partition coefficient (Wildman–Crippen LogP) is 3.52. The summed E-state index contributed by atoms with van der Waals surface area (Å²) < 4.78 is 0. The lowest BCUT2D eigenvalue weighted by Crippen LogP contribution is -2.48. The number of anilines is 1. The van der Waals surface area contributed by atoms with E-state index in [1.807, 2.05) is 48.5 Å². The van der Waals surface area contributed by atoms with E-state index >= 15 is 0 Å². The molecule has 0 radical (unpaired) electrons. The van der Waals surface area contributed by atoms with E-state index in [9.17, 15) is 9.90 Å². The van der Waals surface area contributed by atoms with E-state index < -0.39 is 0 Å². The quantitative estimate of drug-likeness (QED) is 0.867. The third-order valence-corrected chi connectivity index (χ3v) is 5.91. The number of rotatable bonds is 5. The number of aliphatic hydroxyl groups excluding tert-OH is 1. The van der Waals surface area contributed by atoms with Crippen LogP contribution in [0.4, 0.5) is 5.69 Å². The minimum Gasteiger partial charge on any atom is -0.392 e. The van der Waals surface area contributed by atoms with Gasteiger partial charge in [-0.1, -0.05) is 36.4 Å². The molecule has 2 aromatic carbocycles. The molecule has 3 heterocycles. The zero-order chi connectivity index (χ0) is 17.9. The summed E-state index contributed by atoms with van der Waals surface area (Å²) in [6.07, 6.45) is 3.12. The number of benzene rings is 2. The monoisotopic (exact) mass is 350 g/mol. The number of piperidine rings is 3. The number of fused-ring (bicyclic) bond motifs is 3. The van der Waals surface area contributed by atoms with Gasteiger partial charge in [-0.3, -0.25) is 4.79 Å². The van der Waals surface area contributed by atoms with E-state index in [0.29, 0.717) is 12.3 Å². The van der Waals surface area contributed by atoms with Crippen LogP contribution in [0.2, 0.25) is 0 Å². The van der Waals surface area contributed by atoms with Crippen molar-refractivity contribution in [2.24, 2.45) is 11.8 Å². The summed E-state index contributed by atoms with van der Waals surface area (Å²) in [7, 11) is 0. The molecule has 4 heteroatoms. The Balaban J connectivity index is 1.39. The van der Waals surface area contributed by atoms with Gasteiger partial charge in [-0.15, -0.1) is 0 Å². The van der Waals surface area contributed by atoms with Crippen molar-refractivity contribution in [2.75, 3.05) is 25.0 Å². The fraction of sp³-hybridized carbons (Fsp3) is 0.409. The summed E-state index contributed by atoms with van der Waals surface area (Å²) in [6.45, 7) is 3.52. The third kappa shape index (κ3) is 3.67. The average Bonchev–Trinajstić information content (AvgIpc) is 2.69. The zero-order valence-electron chi connectivity index (χ0n) is 15.0. The van der Waals surface area contributed by atoms with Crippen LogP contribution < -0.4 is 5.32 Å². The van der Waals surface area contributed by atoms with Crippen LogP contribution in [0.5, 0.6) is 0 Å². The number of hydrogen-bond acceptors (Lipinski definition) is 3. The van der Waals surface area contributed by atoms with Gasteiger partial charge < -0.3 is 15.3 Å². The maximum Gasteiger partial charge on any atom is 0.224 e. The van der Waals surface area contributed by atoms with Crippen LogP contribution in [0, 0.1) is 11.8 Å². The lowest BCUT2D eigenvalue weighted by Gasteiger charge is -2.44. The van der Waals surface area contributed by atoms with Crippen molar-refractivity contribution in [3.8, 4) is 11.1 Å². The molecule has 0 aromatic heterocycles. The van der Waals surface area contributed by atoms with E-state index in [-0.39, 0.29) is 12.5 Å². The van der Waals surface area contributed by atoms with Gasteiger partial charge in [0.05, 0.1) is 6.61 Å². The fourth-order valence-corrected chi connectivity index (χ4v) is 4.44. The van der Waals surface area contributed by atoms with Crippen LogP contribution in [0.25, 0.3) is 11.1 Å².